The van der Waals surface area contributed by atoms with Gasteiger partial charge in [-0.3, -0.25) is 4.57 Å². The van der Waals surface area contributed by atoms with Crippen LogP contribution in [0.4, 0.5) is 11.6 Å². The quantitative estimate of drug-likeness (QED) is 0.598. The first kappa shape index (κ1) is 14.7. The van der Waals surface area contributed by atoms with Crippen molar-refractivity contribution in [1.29, 1.82) is 0 Å². The predicted molar refractivity (Wildman–Crippen MR) is 96.1 cm³/mol. The monoisotopic (exact) mass is 335 g/mol. The molecule has 6 heteroatoms. The second-order valence-corrected chi connectivity index (χ2v) is 5.79. The minimum absolute atomic E-state index is 0.649. The van der Waals surface area contributed by atoms with Crippen LogP contribution in [0.1, 0.15) is 5.56 Å². The number of nitrogens with zero attached hydrogens (tertiary/aromatic N) is 4. The predicted octanol–water partition coefficient (Wildman–Crippen LogP) is 4.52. The zero-order chi connectivity index (χ0) is 16.5. The van der Waals surface area contributed by atoms with Crippen molar-refractivity contribution < 1.29 is 0 Å². The van der Waals surface area contributed by atoms with Crippen LogP contribution in [0.2, 0.25) is 5.02 Å². The molecule has 2 heterocycles. The number of halogens is 1. The molecular weight excluding hydrogens is 322 g/mol. The van der Waals surface area contributed by atoms with E-state index in [1.807, 2.05) is 60.0 Å². The number of hydrogen-bond donors (Lipinski definition) is 1. The molecular formula is C18H14ClN5. The number of imidazole rings is 1. The highest BCUT2D eigenvalue weighted by Gasteiger charge is 2.15. The van der Waals surface area contributed by atoms with E-state index in [-0.39, 0.29) is 0 Å². The van der Waals surface area contributed by atoms with Crippen LogP contribution in [-0.2, 0) is 0 Å². The van der Waals surface area contributed by atoms with Crippen molar-refractivity contribution in [1.82, 2.24) is 19.5 Å². The van der Waals surface area contributed by atoms with Crippen LogP contribution < -0.4 is 5.32 Å². The van der Waals surface area contributed by atoms with Crippen molar-refractivity contribution in [2.24, 2.45) is 0 Å². The Morgan fingerprint density at radius 2 is 1.92 bits per heavy atom. The Balaban J connectivity index is 1.92. The maximum Gasteiger partial charge on any atom is 0.214 e. The normalized spacial score (nSPS) is 10.9. The van der Waals surface area contributed by atoms with Gasteiger partial charge in [0.15, 0.2) is 0 Å². The van der Waals surface area contributed by atoms with Crippen LogP contribution >= 0.6 is 11.6 Å². The second kappa shape index (κ2) is 5.94. The van der Waals surface area contributed by atoms with Gasteiger partial charge in [0.2, 0.25) is 5.95 Å². The number of hydrogen-bond acceptors (Lipinski definition) is 4. The van der Waals surface area contributed by atoms with Gasteiger partial charge in [0.1, 0.15) is 12.1 Å². The van der Waals surface area contributed by atoms with Gasteiger partial charge in [-0.05, 0) is 36.8 Å². The summed E-state index contributed by atoms with van der Waals surface area (Å²) >= 11 is 6.35. The van der Waals surface area contributed by atoms with E-state index >= 15 is 0 Å². The van der Waals surface area contributed by atoms with Crippen molar-refractivity contribution in [3.05, 3.63) is 71.6 Å². The van der Waals surface area contributed by atoms with Crippen LogP contribution in [0.5, 0.6) is 0 Å². The van der Waals surface area contributed by atoms with Crippen LogP contribution in [0.25, 0.3) is 16.9 Å². The van der Waals surface area contributed by atoms with Gasteiger partial charge < -0.3 is 5.32 Å². The van der Waals surface area contributed by atoms with Gasteiger partial charge in [-0.2, -0.15) is 0 Å². The Hall–Kier alpha value is -2.92. The Bertz CT molecular complexity index is 990. The average molecular weight is 336 g/mol. The lowest BCUT2D eigenvalue weighted by atomic mass is 10.2. The summed E-state index contributed by atoms with van der Waals surface area (Å²) < 4.78 is 1.96. The van der Waals surface area contributed by atoms with Gasteiger partial charge in [-0.15, -0.1) is 0 Å². The highest BCUT2D eigenvalue weighted by Crippen LogP contribution is 2.31. The lowest BCUT2D eigenvalue weighted by molar-refractivity contribution is 1.00. The van der Waals surface area contributed by atoms with Gasteiger partial charge >= 0.3 is 0 Å². The molecule has 0 unspecified atom stereocenters. The number of rotatable bonds is 3. The van der Waals surface area contributed by atoms with Crippen molar-refractivity contribution in [2.75, 3.05) is 5.32 Å². The number of aromatic nitrogens is 4. The number of anilines is 2. The molecule has 0 atom stereocenters. The molecule has 4 aromatic rings. The molecule has 0 bridgehead atoms. The third kappa shape index (κ3) is 2.49. The van der Waals surface area contributed by atoms with E-state index < -0.39 is 0 Å². The average Bonchev–Trinajstić information content (AvgIpc) is 2.97. The summed E-state index contributed by atoms with van der Waals surface area (Å²) in [4.78, 5) is 13.0. The number of nitrogens with one attached hydrogen (secondary N) is 1. The maximum absolute atomic E-state index is 6.35. The molecule has 0 aliphatic carbocycles. The first-order valence-electron chi connectivity index (χ1n) is 7.50. The molecule has 0 saturated heterocycles. The summed E-state index contributed by atoms with van der Waals surface area (Å²) in [6.45, 7) is 2.01. The van der Waals surface area contributed by atoms with Crippen molar-refractivity contribution in [3.8, 4) is 5.82 Å². The van der Waals surface area contributed by atoms with Gasteiger partial charge in [0.25, 0.3) is 0 Å². The summed E-state index contributed by atoms with van der Waals surface area (Å²) in [5.41, 5.74) is 3.72. The third-order valence-corrected chi connectivity index (χ3v) is 4.13. The molecule has 0 aliphatic rings. The zero-order valence-corrected chi connectivity index (χ0v) is 13.7. The van der Waals surface area contributed by atoms with Crippen LogP contribution in [0, 0.1) is 6.92 Å². The van der Waals surface area contributed by atoms with E-state index in [1.54, 1.807) is 6.20 Å². The fourth-order valence-corrected chi connectivity index (χ4v) is 2.93. The molecule has 2 aromatic carbocycles. The summed E-state index contributed by atoms with van der Waals surface area (Å²) in [6, 6.07) is 15.6. The zero-order valence-electron chi connectivity index (χ0n) is 12.9. The number of benzene rings is 2. The van der Waals surface area contributed by atoms with E-state index in [0.717, 1.165) is 28.1 Å². The molecule has 118 valence electrons. The van der Waals surface area contributed by atoms with E-state index in [4.69, 9.17) is 16.6 Å². The Labute approximate surface area is 144 Å². The molecule has 0 saturated carbocycles. The molecule has 2 aromatic heterocycles. The van der Waals surface area contributed by atoms with Gasteiger partial charge in [0.05, 0.1) is 21.7 Å². The molecule has 0 spiro atoms. The summed E-state index contributed by atoms with van der Waals surface area (Å²) in [5, 5.41) is 4.01. The fourth-order valence-electron chi connectivity index (χ4n) is 2.66. The van der Waals surface area contributed by atoms with Crippen molar-refractivity contribution in [2.45, 2.75) is 6.92 Å². The molecule has 1 N–H and O–H groups in total. The first-order valence-corrected chi connectivity index (χ1v) is 7.88. The van der Waals surface area contributed by atoms with E-state index in [1.165, 1.54) is 6.33 Å². The lowest BCUT2D eigenvalue weighted by Gasteiger charge is -2.13. The summed E-state index contributed by atoms with van der Waals surface area (Å²) in [6.07, 6.45) is 3.23. The maximum atomic E-state index is 6.35. The van der Waals surface area contributed by atoms with E-state index in [9.17, 15) is 0 Å². The van der Waals surface area contributed by atoms with Gasteiger partial charge in [0, 0.05) is 6.20 Å². The molecule has 24 heavy (non-hydrogen) atoms. The van der Waals surface area contributed by atoms with E-state index in [0.29, 0.717) is 11.0 Å². The Morgan fingerprint density at radius 1 is 1.04 bits per heavy atom. The molecule has 0 amide bonds. The lowest BCUT2D eigenvalue weighted by Crippen LogP contribution is -2.05. The van der Waals surface area contributed by atoms with E-state index in [2.05, 4.69) is 15.3 Å². The van der Waals surface area contributed by atoms with Gasteiger partial charge in [-0.1, -0.05) is 35.9 Å². The molecule has 5 nitrogen and oxygen atoms in total. The number of fused-ring (bicyclic) bond motifs is 1. The smallest absolute Gasteiger partial charge is 0.214 e. The Morgan fingerprint density at radius 3 is 2.71 bits per heavy atom. The minimum Gasteiger partial charge on any atom is -0.324 e. The van der Waals surface area contributed by atoms with Crippen LogP contribution in [-0.4, -0.2) is 19.5 Å². The molecule has 0 fully saturated rings. The fraction of sp³-hybridized carbons (Fsp3) is 0.0556. The highest BCUT2D eigenvalue weighted by molar-refractivity contribution is 6.33. The Kier molecular flexibility index (Phi) is 3.63. The van der Waals surface area contributed by atoms with Crippen LogP contribution in [0.15, 0.2) is 61.1 Å². The molecule has 0 aliphatic heterocycles. The molecule has 4 rings (SSSR count). The first-order chi connectivity index (χ1) is 11.7. The number of para-hydroxylation sites is 3. The standard InChI is InChI=1S/C18H14ClN5/c1-12-5-4-6-13(19)17(12)23-18-22-14-7-2-3-8-15(14)24(18)16-9-10-20-11-21-16/h2-11H,1H3,(H,22,23). The second-order valence-electron chi connectivity index (χ2n) is 5.38. The van der Waals surface area contributed by atoms with Crippen LogP contribution in [0.3, 0.4) is 0 Å². The minimum atomic E-state index is 0.649. The van der Waals surface area contributed by atoms with Crippen molar-refractivity contribution in [3.63, 3.8) is 0 Å². The summed E-state index contributed by atoms with van der Waals surface area (Å²) in [7, 11) is 0. The number of aryl methyl sites for hydroxylation is 1. The largest absolute Gasteiger partial charge is 0.324 e. The van der Waals surface area contributed by atoms with Gasteiger partial charge in [-0.25, -0.2) is 15.0 Å². The highest BCUT2D eigenvalue weighted by atomic mass is 35.5. The van der Waals surface area contributed by atoms with Crippen molar-refractivity contribution >= 4 is 34.3 Å². The summed E-state index contributed by atoms with van der Waals surface area (Å²) in [5.74, 6) is 1.40. The third-order valence-electron chi connectivity index (χ3n) is 3.81. The topological polar surface area (TPSA) is 55.6 Å². The molecule has 0 radical (unpaired) electrons. The SMILES string of the molecule is Cc1cccc(Cl)c1Nc1nc2ccccc2n1-c1ccncn1.